The zero-order valence-electron chi connectivity index (χ0n) is 8.90. The largest absolute Gasteiger partial charge is 1.00 e. The number of hydrogen-bond donors (Lipinski definition) is 0. The van der Waals surface area contributed by atoms with Crippen LogP contribution >= 0.6 is 0 Å². The third-order valence-electron chi connectivity index (χ3n) is 2.68. The van der Waals surface area contributed by atoms with Crippen molar-refractivity contribution in [3.8, 4) is 0 Å². The minimum atomic E-state index is -1.07. The summed E-state index contributed by atoms with van der Waals surface area (Å²) in [4.78, 5) is 14.7. The molecule has 15 heavy (non-hydrogen) atoms. The van der Waals surface area contributed by atoms with Crippen molar-refractivity contribution in [3.63, 3.8) is 0 Å². The SMILES string of the molecule is O=C([O-])Cc1cccc(C2CCC2)n1.[Na+]. The number of carbonyl (C=O) groups is 1. The Bertz CT molecular complexity index is 350. The molecule has 0 unspecified atom stereocenters. The van der Waals surface area contributed by atoms with E-state index in [1.54, 1.807) is 6.07 Å². The number of hydrogen-bond acceptors (Lipinski definition) is 3. The molecule has 1 saturated carbocycles. The molecular weight excluding hydrogens is 201 g/mol. The average molecular weight is 213 g/mol. The number of carboxylic acid groups (broad SMARTS) is 1. The van der Waals surface area contributed by atoms with Gasteiger partial charge in [0.25, 0.3) is 0 Å². The predicted molar refractivity (Wildman–Crippen MR) is 49.5 cm³/mol. The summed E-state index contributed by atoms with van der Waals surface area (Å²) < 4.78 is 0. The molecule has 2 rings (SSSR count). The van der Waals surface area contributed by atoms with Gasteiger partial charge in [0, 0.05) is 29.7 Å². The van der Waals surface area contributed by atoms with Crippen molar-refractivity contribution >= 4 is 5.97 Å². The van der Waals surface area contributed by atoms with Crippen LogP contribution in [0.3, 0.4) is 0 Å². The molecule has 0 N–H and O–H groups in total. The summed E-state index contributed by atoms with van der Waals surface area (Å²) >= 11 is 0. The standard InChI is InChI=1S/C11H13NO2.Na/c13-11(14)7-9-5-2-6-10(12-9)8-3-1-4-8;/h2,5-6,8H,1,3-4,7H2,(H,13,14);/q;+1/p-1. The molecule has 0 aliphatic heterocycles. The zero-order chi connectivity index (χ0) is 9.97. The third kappa shape index (κ3) is 3.30. The summed E-state index contributed by atoms with van der Waals surface area (Å²) in [6, 6.07) is 5.58. The van der Waals surface area contributed by atoms with Crippen LogP contribution < -0.4 is 34.7 Å². The molecule has 3 nitrogen and oxygen atoms in total. The second-order valence-electron chi connectivity index (χ2n) is 3.73. The van der Waals surface area contributed by atoms with Crippen molar-refractivity contribution in [3.05, 3.63) is 29.6 Å². The van der Waals surface area contributed by atoms with Crippen molar-refractivity contribution in [1.82, 2.24) is 4.98 Å². The quantitative estimate of drug-likeness (QED) is 0.528. The van der Waals surface area contributed by atoms with E-state index in [4.69, 9.17) is 0 Å². The van der Waals surface area contributed by atoms with Crippen LogP contribution in [0.2, 0.25) is 0 Å². The van der Waals surface area contributed by atoms with Gasteiger partial charge < -0.3 is 9.90 Å². The van der Waals surface area contributed by atoms with Gasteiger partial charge in [-0.05, 0) is 25.0 Å². The van der Waals surface area contributed by atoms with E-state index in [1.165, 1.54) is 19.3 Å². The molecule has 0 spiro atoms. The first kappa shape index (κ1) is 12.7. The van der Waals surface area contributed by atoms with Gasteiger partial charge in [-0.2, -0.15) is 0 Å². The van der Waals surface area contributed by atoms with E-state index in [1.807, 2.05) is 12.1 Å². The Hall–Kier alpha value is -0.380. The molecule has 4 heteroatoms. The van der Waals surface area contributed by atoms with Gasteiger partial charge in [-0.15, -0.1) is 0 Å². The topological polar surface area (TPSA) is 53.0 Å². The summed E-state index contributed by atoms with van der Waals surface area (Å²) in [5.41, 5.74) is 1.64. The second-order valence-corrected chi connectivity index (χ2v) is 3.73. The average Bonchev–Trinajstić information content (AvgIpc) is 1.99. The Kier molecular flexibility index (Phi) is 4.77. The number of nitrogens with zero attached hydrogens (tertiary/aromatic N) is 1. The van der Waals surface area contributed by atoms with Crippen LogP contribution in [0.5, 0.6) is 0 Å². The van der Waals surface area contributed by atoms with Crippen molar-refractivity contribution in [2.45, 2.75) is 31.6 Å². The van der Waals surface area contributed by atoms with E-state index in [0.29, 0.717) is 11.6 Å². The summed E-state index contributed by atoms with van der Waals surface area (Å²) in [5.74, 6) is -0.514. The molecule has 0 saturated heterocycles. The monoisotopic (exact) mass is 213 g/mol. The second kappa shape index (κ2) is 5.64. The Balaban J connectivity index is 0.00000112. The first-order chi connectivity index (χ1) is 6.75. The normalized spacial score (nSPS) is 15.2. The molecule has 1 heterocycles. The maximum absolute atomic E-state index is 10.4. The number of carboxylic acids is 1. The van der Waals surface area contributed by atoms with Crippen LogP contribution in [0, 0.1) is 0 Å². The number of pyridine rings is 1. The molecule has 1 aromatic rings. The van der Waals surface area contributed by atoms with E-state index in [0.717, 1.165) is 5.69 Å². The molecule has 0 amide bonds. The first-order valence-electron chi connectivity index (χ1n) is 4.91. The van der Waals surface area contributed by atoms with Gasteiger partial charge in [-0.3, -0.25) is 4.98 Å². The van der Waals surface area contributed by atoms with Crippen molar-refractivity contribution in [1.29, 1.82) is 0 Å². The number of carbonyl (C=O) groups excluding carboxylic acids is 1. The Morgan fingerprint density at radius 3 is 2.73 bits per heavy atom. The summed E-state index contributed by atoms with van der Waals surface area (Å²) in [7, 11) is 0. The van der Waals surface area contributed by atoms with Crippen molar-refractivity contribution in [2.75, 3.05) is 0 Å². The molecule has 1 fully saturated rings. The summed E-state index contributed by atoms with van der Waals surface area (Å²) in [6.07, 6.45) is 3.54. The number of aromatic nitrogens is 1. The van der Waals surface area contributed by atoms with Crippen LogP contribution in [-0.2, 0) is 11.2 Å². The third-order valence-corrected chi connectivity index (χ3v) is 2.68. The van der Waals surface area contributed by atoms with Crippen LogP contribution in [0.15, 0.2) is 18.2 Å². The Labute approximate surface area is 111 Å². The fraction of sp³-hybridized carbons (Fsp3) is 0.455. The van der Waals surface area contributed by atoms with Gasteiger partial charge in [0.15, 0.2) is 0 Å². The zero-order valence-corrected chi connectivity index (χ0v) is 10.9. The molecule has 0 aromatic carbocycles. The smallest absolute Gasteiger partial charge is 0.550 e. The molecule has 0 atom stereocenters. The van der Waals surface area contributed by atoms with Crippen LogP contribution in [0.25, 0.3) is 0 Å². The van der Waals surface area contributed by atoms with E-state index >= 15 is 0 Å². The summed E-state index contributed by atoms with van der Waals surface area (Å²) in [5, 5.41) is 10.4. The fourth-order valence-electron chi connectivity index (χ4n) is 1.68. The summed E-state index contributed by atoms with van der Waals surface area (Å²) in [6.45, 7) is 0. The number of rotatable bonds is 3. The van der Waals surface area contributed by atoms with Gasteiger partial charge in [0.2, 0.25) is 0 Å². The van der Waals surface area contributed by atoms with Crippen molar-refractivity contribution in [2.24, 2.45) is 0 Å². The van der Waals surface area contributed by atoms with Crippen molar-refractivity contribution < 1.29 is 39.5 Å². The van der Waals surface area contributed by atoms with E-state index in [-0.39, 0.29) is 36.0 Å². The first-order valence-corrected chi connectivity index (χ1v) is 4.91. The number of aliphatic carboxylic acids is 1. The molecule has 1 aromatic heterocycles. The van der Waals surface area contributed by atoms with Gasteiger partial charge in [0.1, 0.15) is 0 Å². The Morgan fingerprint density at radius 2 is 2.20 bits per heavy atom. The minimum Gasteiger partial charge on any atom is -0.550 e. The van der Waals surface area contributed by atoms with Gasteiger partial charge in [-0.25, -0.2) is 0 Å². The van der Waals surface area contributed by atoms with Gasteiger partial charge in [0.05, 0.1) is 0 Å². The van der Waals surface area contributed by atoms with E-state index in [9.17, 15) is 9.90 Å². The minimum absolute atomic E-state index is 0. The maximum Gasteiger partial charge on any atom is 1.00 e. The van der Waals surface area contributed by atoms with Gasteiger partial charge in [-0.1, -0.05) is 12.5 Å². The maximum atomic E-state index is 10.4. The molecule has 0 bridgehead atoms. The van der Waals surface area contributed by atoms with E-state index < -0.39 is 5.97 Å². The van der Waals surface area contributed by atoms with Crippen LogP contribution in [0.4, 0.5) is 0 Å². The Morgan fingerprint density at radius 1 is 1.47 bits per heavy atom. The molecule has 0 radical (unpaired) electrons. The van der Waals surface area contributed by atoms with E-state index in [2.05, 4.69) is 4.98 Å². The molecule has 74 valence electrons. The molecular formula is C11H12NNaO2. The van der Waals surface area contributed by atoms with Crippen LogP contribution in [0.1, 0.15) is 36.6 Å². The fourth-order valence-corrected chi connectivity index (χ4v) is 1.68. The molecule has 1 aliphatic rings. The van der Waals surface area contributed by atoms with Gasteiger partial charge >= 0.3 is 29.6 Å². The van der Waals surface area contributed by atoms with Crippen LogP contribution in [-0.4, -0.2) is 11.0 Å². The predicted octanol–water partition coefficient (Wildman–Crippen LogP) is -2.35. The molecule has 1 aliphatic carbocycles.